The van der Waals surface area contributed by atoms with Gasteiger partial charge in [-0.15, -0.1) is 0 Å². The van der Waals surface area contributed by atoms with Crippen molar-refractivity contribution in [3.05, 3.63) is 0 Å². The van der Waals surface area contributed by atoms with Crippen molar-refractivity contribution in [2.24, 2.45) is 17.8 Å². The molecule has 0 nitrogen and oxygen atoms in total. The summed E-state index contributed by atoms with van der Waals surface area (Å²) in [5, 5.41) is 0. The fourth-order valence-electron chi connectivity index (χ4n) is 4.02. The zero-order valence-corrected chi connectivity index (χ0v) is 11.9. The highest BCUT2D eigenvalue weighted by atomic mass is 14.4. The highest BCUT2D eigenvalue weighted by Crippen LogP contribution is 2.42. The van der Waals surface area contributed by atoms with Gasteiger partial charge in [-0.05, 0) is 30.6 Å². The molecule has 0 aromatic carbocycles. The Kier molecular flexibility index (Phi) is 5.88. The van der Waals surface area contributed by atoms with Crippen LogP contribution in [0.15, 0.2) is 0 Å². The van der Waals surface area contributed by atoms with E-state index in [1.54, 1.807) is 25.7 Å². The molecule has 0 aromatic heterocycles. The van der Waals surface area contributed by atoms with Gasteiger partial charge in [-0.1, -0.05) is 77.6 Å². The van der Waals surface area contributed by atoms with Crippen LogP contribution in [0, 0.1) is 17.8 Å². The van der Waals surface area contributed by atoms with E-state index in [9.17, 15) is 0 Å². The van der Waals surface area contributed by atoms with E-state index < -0.39 is 0 Å². The second-order valence-electron chi connectivity index (χ2n) is 6.86. The lowest BCUT2D eigenvalue weighted by molar-refractivity contribution is 0.119. The molecule has 2 fully saturated rings. The maximum Gasteiger partial charge on any atom is -0.0381 e. The van der Waals surface area contributed by atoms with Gasteiger partial charge in [0.25, 0.3) is 0 Å². The second kappa shape index (κ2) is 7.44. The van der Waals surface area contributed by atoms with E-state index in [1.807, 2.05) is 0 Å². The second-order valence-corrected chi connectivity index (χ2v) is 6.86. The van der Waals surface area contributed by atoms with Gasteiger partial charge in [0.05, 0.1) is 0 Å². The van der Waals surface area contributed by atoms with Crippen molar-refractivity contribution in [2.75, 3.05) is 0 Å². The molecule has 0 heteroatoms. The Labute approximate surface area is 109 Å². The lowest BCUT2D eigenvalue weighted by Gasteiger charge is -2.39. The molecule has 0 unspecified atom stereocenters. The summed E-state index contributed by atoms with van der Waals surface area (Å²) in [6.45, 7) is 2.44. The molecule has 0 spiro atoms. The highest BCUT2D eigenvalue weighted by molar-refractivity contribution is 4.82. The molecule has 0 amide bonds. The third-order valence-electron chi connectivity index (χ3n) is 5.23. The van der Waals surface area contributed by atoms with Crippen molar-refractivity contribution >= 4 is 0 Å². The van der Waals surface area contributed by atoms with E-state index >= 15 is 0 Å². The van der Waals surface area contributed by atoms with E-state index in [0.29, 0.717) is 0 Å². The van der Waals surface area contributed by atoms with Crippen molar-refractivity contribution in [1.29, 1.82) is 0 Å². The number of hydrogen-bond donors (Lipinski definition) is 0. The molecule has 0 radical (unpaired) electrons. The van der Waals surface area contributed by atoms with Crippen LogP contribution in [-0.4, -0.2) is 0 Å². The normalized spacial score (nSPS) is 34.4. The molecule has 0 heterocycles. The van der Waals surface area contributed by atoms with Crippen LogP contribution in [0.3, 0.4) is 0 Å². The Hall–Kier alpha value is 0. The molecule has 17 heavy (non-hydrogen) atoms. The van der Waals surface area contributed by atoms with Crippen LogP contribution >= 0.6 is 0 Å². The molecule has 0 bridgehead atoms. The van der Waals surface area contributed by atoms with E-state index in [2.05, 4.69) is 6.92 Å². The van der Waals surface area contributed by atoms with Gasteiger partial charge in [0, 0.05) is 0 Å². The first-order chi connectivity index (χ1) is 8.36. The van der Waals surface area contributed by atoms with Crippen LogP contribution in [0.25, 0.3) is 0 Å². The Bertz CT molecular complexity index is 178. The Balaban J connectivity index is 1.72. The lowest BCUT2D eigenvalue weighted by Crippen LogP contribution is -2.28. The molecule has 2 saturated carbocycles. The Morgan fingerprint density at radius 2 is 0.941 bits per heavy atom. The molecule has 2 aliphatic carbocycles. The zero-order chi connectivity index (χ0) is 11.9. The molecule has 0 aromatic rings. The average Bonchev–Trinajstić information content (AvgIpc) is 2.26. The van der Waals surface area contributed by atoms with Crippen LogP contribution in [0.5, 0.6) is 0 Å². The largest absolute Gasteiger partial charge is 0.0625 e. The zero-order valence-electron chi connectivity index (χ0n) is 11.9. The van der Waals surface area contributed by atoms with E-state index in [1.165, 1.54) is 57.8 Å². The van der Waals surface area contributed by atoms with Gasteiger partial charge in [0.2, 0.25) is 0 Å². The van der Waals surface area contributed by atoms with Crippen LogP contribution in [0.4, 0.5) is 0 Å². The van der Waals surface area contributed by atoms with Gasteiger partial charge < -0.3 is 0 Å². The van der Waals surface area contributed by atoms with E-state index in [-0.39, 0.29) is 0 Å². The fourth-order valence-corrected chi connectivity index (χ4v) is 4.02. The van der Waals surface area contributed by atoms with Crippen molar-refractivity contribution in [2.45, 2.75) is 90.4 Å². The van der Waals surface area contributed by atoms with Crippen molar-refractivity contribution < 1.29 is 0 Å². The monoisotopic (exact) mass is 236 g/mol. The minimum atomic E-state index is 1.04. The molecule has 0 atom stereocenters. The minimum Gasteiger partial charge on any atom is -0.0625 e. The summed E-state index contributed by atoms with van der Waals surface area (Å²) in [5.74, 6) is 3.26. The molecule has 100 valence electrons. The number of rotatable bonds is 1. The van der Waals surface area contributed by atoms with Crippen LogP contribution < -0.4 is 0 Å². The van der Waals surface area contributed by atoms with Crippen LogP contribution in [0.2, 0.25) is 0 Å². The highest BCUT2D eigenvalue weighted by Gasteiger charge is 2.31. The van der Waals surface area contributed by atoms with Crippen molar-refractivity contribution in [3.63, 3.8) is 0 Å². The summed E-state index contributed by atoms with van der Waals surface area (Å²) >= 11 is 0. The summed E-state index contributed by atoms with van der Waals surface area (Å²) in [7, 11) is 0. The standard InChI is InChI=1S/C17H32/c1-15-13-17(14-15)16-11-9-7-5-3-2-4-6-8-10-12-16/h15-17H,2-14H2,1H3. The SMILES string of the molecule is CC1CC(C2CCCCCCCCCCC2)C1. The Morgan fingerprint density at radius 1 is 0.529 bits per heavy atom. The third kappa shape index (κ3) is 4.64. The first-order valence-electron chi connectivity index (χ1n) is 8.36. The average molecular weight is 236 g/mol. The molecule has 2 rings (SSSR count). The maximum absolute atomic E-state index is 2.44. The summed E-state index contributed by atoms with van der Waals surface area (Å²) < 4.78 is 0. The first kappa shape index (κ1) is 13.4. The molecule has 2 aliphatic rings. The lowest BCUT2D eigenvalue weighted by atomic mass is 9.67. The van der Waals surface area contributed by atoms with E-state index in [4.69, 9.17) is 0 Å². The summed E-state index contributed by atoms with van der Waals surface area (Å²) in [6.07, 6.45) is 19.8. The molecular formula is C17H32. The topological polar surface area (TPSA) is 0 Å². The third-order valence-corrected chi connectivity index (χ3v) is 5.23. The van der Waals surface area contributed by atoms with Gasteiger partial charge >= 0.3 is 0 Å². The van der Waals surface area contributed by atoms with E-state index in [0.717, 1.165) is 17.8 Å². The Morgan fingerprint density at radius 3 is 1.35 bits per heavy atom. The fraction of sp³-hybridized carbons (Fsp3) is 1.00. The minimum absolute atomic E-state index is 1.04. The smallest absolute Gasteiger partial charge is 0.0381 e. The van der Waals surface area contributed by atoms with Gasteiger partial charge in [0.1, 0.15) is 0 Å². The predicted molar refractivity (Wildman–Crippen MR) is 76.2 cm³/mol. The van der Waals surface area contributed by atoms with Crippen LogP contribution in [0.1, 0.15) is 90.4 Å². The van der Waals surface area contributed by atoms with Crippen LogP contribution in [-0.2, 0) is 0 Å². The van der Waals surface area contributed by atoms with Gasteiger partial charge in [-0.3, -0.25) is 0 Å². The summed E-state index contributed by atoms with van der Waals surface area (Å²) in [6, 6.07) is 0. The molecule has 0 aliphatic heterocycles. The van der Waals surface area contributed by atoms with Gasteiger partial charge in [-0.2, -0.15) is 0 Å². The summed E-state index contributed by atoms with van der Waals surface area (Å²) in [4.78, 5) is 0. The van der Waals surface area contributed by atoms with Gasteiger partial charge in [-0.25, -0.2) is 0 Å². The quantitative estimate of drug-likeness (QED) is 0.527. The maximum atomic E-state index is 2.44. The molecule has 0 saturated heterocycles. The van der Waals surface area contributed by atoms with Crippen molar-refractivity contribution in [3.8, 4) is 0 Å². The molecular weight excluding hydrogens is 204 g/mol. The molecule has 0 N–H and O–H groups in total. The van der Waals surface area contributed by atoms with Gasteiger partial charge in [0.15, 0.2) is 0 Å². The van der Waals surface area contributed by atoms with Crippen molar-refractivity contribution in [1.82, 2.24) is 0 Å². The number of hydrogen-bond acceptors (Lipinski definition) is 0. The summed E-state index contributed by atoms with van der Waals surface area (Å²) in [5.41, 5.74) is 0. The predicted octanol–water partition coefficient (Wildman–Crippen LogP) is 5.95. The first-order valence-corrected chi connectivity index (χ1v) is 8.36.